The Morgan fingerprint density at radius 2 is 1.75 bits per heavy atom. The lowest BCUT2D eigenvalue weighted by atomic mass is 10.3. The lowest BCUT2D eigenvalue weighted by molar-refractivity contribution is 0.452. The van der Waals surface area contributed by atoms with Crippen molar-refractivity contribution in [2.24, 2.45) is 0 Å². The highest BCUT2D eigenvalue weighted by Crippen LogP contribution is 2.22. The molecule has 2 rings (SSSR count). The van der Waals surface area contributed by atoms with Crippen LogP contribution in [0.3, 0.4) is 0 Å². The second kappa shape index (κ2) is 4.14. The van der Waals surface area contributed by atoms with Gasteiger partial charge in [0.05, 0.1) is 0 Å². The van der Waals surface area contributed by atoms with Crippen molar-refractivity contribution in [2.45, 2.75) is 0 Å². The Labute approximate surface area is 90.5 Å². The van der Waals surface area contributed by atoms with E-state index in [1.54, 1.807) is 18.2 Å². The normalized spacial score (nSPS) is 10.1. The Bertz CT molecular complexity index is 497. The van der Waals surface area contributed by atoms with Crippen LogP contribution < -0.4 is 10.5 Å². The number of nitrogen functional groups attached to an aromatic ring is 1. The number of hydrogen-bond donors (Lipinski definition) is 1. The van der Waals surface area contributed by atoms with Crippen molar-refractivity contribution in [2.75, 3.05) is 5.73 Å². The average Bonchev–Trinajstić information content (AvgIpc) is 2.15. The SMILES string of the molecule is Nc1cccc(Oc2cc(F)cc(F)c2)n1. The standard InChI is InChI=1S/C11H8F2N2O/c12-7-4-8(13)6-9(5-7)16-11-3-1-2-10(14)15-11/h1-6H,(H2,14,15). The summed E-state index contributed by atoms with van der Waals surface area (Å²) in [6.45, 7) is 0. The summed E-state index contributed by atoms with van der Waals surface area (Å²) in [4.78, 5) is 3.84. The minimum Gasteiger partial charge on any atom is -0.439 e. The fourth-order valence-corrected chi connectivity index (χ4v) is 1.20. The third-order valence-corrected chi connectivity index (χ3v) is 1.80. The molecule has 0 saturated carbocycles. The second-order valence-corrected chi connectivity index (χ2v) is 3.11. The third-order valence-electron chi connectivity index (χ3n) is 1.80. The van der Waals surface area contributed by atoms with Gasteiger partial charge in [0.2, 0.25) is 5.88 Å². The van der Waals surface area contributed by atoms with Gasteiger partial charge >= 0.3 is 0 Å². The van der Waals surface area contributed by atoms with E-state index in [0.717, 1.165) is 18.2 Å². The topological polar surface area (TPSA) is 48.1 Å². The zero-order chi connectivity index (χ0) is 11.5. The van der Waals surface area contributed by atoms with Gasteiger partial charge in [-0.05, 0) is 6.07 Å². The lowest BCUT2D eigenvalue weighted by Crippen LogP contribution is -1.93. The van der Waals surface area contributed by atoms with Gasteiger partial charge in [0, 0.05) is 24.3 Å². The largest absolute Gasteiger partial charge is 0.439 e. The molecular formula is C11H8F2N2O. The summed E-state index contributed by atoms with van der Waals surface area (Å²) in [6, 6.07) is 7.65. The fourth-order valence-electron chi connectivity index (χ4n) is 1.20. The first-order valence-electron chi connectivity index (χ1n) is 4.50. The number of benzene rings is 1. The van der Waals surface area contributed by atoms with Crippen molar-refractivity contribution in [1.82, 2.24) is 4.98 Å². The Kier molecular flexibility index (Phi) is 2.68. The molecule has 0 unspecified atom stereocenters. The summed E-state index contributed by atoms with van der Waals surface area (Å²) < 4.78 is 30.8. The smallest absolute Gasteiger partial charge is 0.221 e. The van der Waals surface area contributed by atoms with Gasteiger partial charge in [0.25, 0.3) is 0 Å². The Balaban J connectivity index is 2.27. The lowest BCUT2D eigenvalue weighted by Gasteiger charge is -2.05. The molecule has 1 aromatic heterocycles. The summed E-state index contributed by atoms with van der Waals surface area (Å²) in [5.74, 6) is -0.923. The molecule has 2 N–H and O–H groups in total. The predicted octanol–water partition coefficient (Wildman–Crippen LogP) is 2.73. The molecule has 0 radical (unpaired) electrons. The van der Waals surface area contributed by atoms with Crippen molar-refractivity contribution in [3.05, 3.63) is 48.0 Å². The van der Waals surface area contributed by atoms with Crippen molar-refractivity contribution in [1.29, 1.82) is 0 Å². The quantitative estimate of drug-likeness (QED) is 0.849. The number of aromatic nitrogens is 1. The fraction of sp³-hybridized carbons (Fsp3) is 0. The van der Waals surface area contributed by atoms with Gasteiger partial charge in [-0.3, -0.25) is 0 Å². The van der Waals surface area contributed by atoms with Crippen LogP contribution in [-0.2, 0) is 0 Å². The first kappa shape index (κ1) is 10.4. The molecule has 0 aliphatic carbocycles. The van der Waals surface area contributed by atoms with Crippen LogP contribution in [0.4, 0.5) is 14.6 Å². The second-order valence-electron chi connectivity index (χ2n) is 3.11. The van der Waals surface area contributed by atoms with Gasteiger partial charge < -0.3 is 10.5 Å². The van der Waals surface area contributed by atoms with Crippen LogP contribution in [0, 0.1) is 11.6 Å². The molecular weight excluding hydrogens is 214 g/mol. The molecule has 0 saturated heterocycles. The first-order chi connectivity index (χ1) is 7.63. The highest BCUT2D eigenvalue weighted by molar-refractivity contribution is 5.34. The van der Waals surface area contributed by atoms with Crippen LogP contribution in [-0.4, -0.2) is 4.98 Å². The molecule has 0 bridgehead atoms. The molecule has 82 valence electrons. The molecule has 16 heavy (non-hydrogen) atoms. The van der Waals surface area contributed by atoms with E-state index in [4.69, 9.17) is 10.5 Å². The van der Waals surface area contributed by atoms with Crippen molar-refractivity contribution < 1.29 is 13.5 Å². The van der Waals surface area contributed by atoms with E-state index in [1.807, 2.05) is 0 Å². The summed E-state index contributed by atoms with van der Waals surface area (Å²) in [5.41, 5.74) is 5.43. The maximum atomic E-state index is 12.8. The van der Waals surface area contributed by atoms with Gasteiger partial charge in [-0.25, -0.2) is 8.78 Å². The Hall–Kier alpha value is -2.17. The molecule has 1 heterocycles. The highest BCUT2D eigenvalue weighted by Gasteiger charge is 2.03. The van der Waals surface area contributed by atoms with E-state index in [2.05, 4.69) is 4.98 Å². The Morgan fingerprint density at radius 3 is 2.38 bits per heavy atom. The summed E-state index contributed by atoms with van der Waals surface area (Å²) in [5, 5.41) is 0. The molecule has 0 aliphatic heterocycles. The van der Waals surface area contributed by atoms with Crippen molar-refractivity contribution >= 4 is 5.82 Å². The zero-order valence-electron chi connectivity index (χ0n) is 8.15. The molecule has 0 aliphatic rings. The number of hydrogen-bond acceptors (Lipinski definition) is 3. The van der Waals surface area contributed by atoms with Gasteiger partial charge in [-0.15, -0.1) is 0 Å². The minimum absolute atomic E-state index is 0.0376. The monoisotopic (exact) mass is 222 g/mol. The molecule has 1 aromatic carbocycles. The third kappa shape index (κ3) is 2.44. The summed E-state index contributed by atoms with van der Waals surface area (Å²) in [6.07, 6.45) is 0. The highest BCUT2D eigenvalue weighted by atomic mass is 19.1. The number of rotatable bonds is 2. The zero-order valence-corrected chi connectivity index (χ0v) is 8.15. The van der Waals surface area contributed by atoms with Crippen LogP contribution in [0.25, 0.3) is 0 Å². The minimum atomic E-state index is -0.709. The number of nitrogens with two attached hydrogens (primary N) is 1. The van der Waals surface area contributed by atoms with Gasteiger partial charge in [-0.1, -0.05) is 6.07 Å². The maximum Gasteiger partial charge on any atom is 0.221 e. The van der Waals surface area contributed by atoms with Crippen LogP contribution in [0.15, 0.2) is 36.4 Å². The van der Waals surface area contributed by atoms with Crippen LogP contribution in [0.1, 0.15) is 0 Å². The summed E-state index contributed by atoms with van der Waals surface area (Å²) in [7, 11) is 0. The maximum absolute atomic E-state index is 12.8. The van der Waals surface area contributed by atoms with Crippen molar-refractivity contribution in [3.63, 3.8) is 0 Å². The van der Waals surface area contributed by atoms with Crippen LogP contribution in [0.5, 0.6) is 11.6 Å². The van der Waals surface area contributed by atoms with E-state index in [9.17, 15) is 8.78 Å². The molecule has 0 atom stereocenters. The number of ether oxygens (including phenoxy) is 1. The molecule has 0 fully saturated rings. The molecule has 3 nitrogen and oxygen atoms in total. The van der Waals surface area contributed by atoms with E-state index in [-0.39, 0.29) is 17.4 Å². The summed E-state index contributed by atoms with van der Waals surface area (Å²) >= 11 is 0. The Morgan fingerprint density at radius 1 is 1.06 bits per heavy atom. The molecule has 0 amide bonds. The van der Waals surface area contributed by atoms with Crippen LogP contribution in [0.2, 0.25) is 0 Å². The van der Waals surface area contributed by atoms with E-state index in [0.29, 0.717) is 0 Å². The molecule has 0 spiro atoms. The van der Waals surface area contributed by atoms with Gasteiger partial charge in [0.1, 0.15) is 23.2 Å². The molecule has 5 heteroatoms. The van der Waals surface area contributed by atoms with E-state index >= 15 is 0 Å². The number of pyridine rings is 1. The van der Waals surface area contributed by atoms with E-state index < -0.39 is 11.6 Å². The first-order valence-corrected chi connectivity index (χ1v) is 4.50. The number of nitrogens with zero attached hydrogens (tertiary/aromatic N) is 1. The van der Waals surface area contributed by atoms with Crippen molar-refractivity contribution in [3.8, 4) is 11.6 Å². The van der Waals surface area contributed by atoms with E-state index in [1.165, 1.54) is 0 Å². The van der Waals surface area contributed by atoms with Gasteiger partial charge in [-0.2, -0.15) is 4.98 Å². The van der Waals surface area contributed by atoms with Crippen LogP contribution >= 0.6 is 0 Å². The average molecular weight is 222 g/mol. The van der Waals surface area contributed by atoms with Gasteiger partial charge in [0.15, 0.2) is 0 Å². The number of halogens is 2. The number of anilines is 1. The molecule has 2 aromatic rings. The predicted molar refractivity (Wildman–Crippen MR) is 55.1 cm³/mol.